The van der Waals surface area contributed by atoms with E-state index in [1.807, 2.05) is 0 Å². The van der Waals surface area contributed by atoms with Gasteiger partial charge in [0, 0.05) is 0 Å². The van der Waals surface area contributed by atoms with E-state index in [-0.39, 0.29) is 0 Å². The fourth-order valence-electron chi connectivity index (χ4n) is 0. The third-order valence-electron chi connectivity index (χ3n) is 0.238. The number of hydrogen-bond acceptors (Lipinski definition) is 1. The summed E-state index contributed by atoms with van der Waals surface area (Å²) in [5.41, 5.74) is 0. The van der Waals surface area contributed by atoms with E-state index in [0.717, 1.165) is 0 Å². The van der Waals surface area contributed by atoms with Crippen LogP contribution in [0, 0.1) is 0 Å². The van der Waals surface area contributed by atoms with Crippen molar-refractivity contribution in [2.45, 2.75) is 0 Å². The molecule has 0 aromatic rings. The molecule has 0 radical (unpaired) electrons. The van der Waals surface area contributed by atoms with Crippen LogP contribution in [0.15, 0.2) is 11.4 Å². The van der Waals surface area contributed by atoms with E-state index in [0.29, 0.717) is 4.86 Å². The summed E-state index contributed by atoms with van der Waals surface area (Å²) in [6, 6.07) is 0. The fourth-order valence-corrected chi connectivity index (χ4v) is 0. The van der Waals surface area contributed by atoms with Crippen LogP contribution in [0.4, 0.5) is 0 Å². The molecule has 0 spiro atoms. The van der Waals surface area contributed by atoms with E-state index in [4.69, 9.17) is 8.19 Å². The first-order valence-electron chi connectivity index (χ1n) is 1.25. The first-order valence-corrected chi connectivity index (χ1v) is 4.78. The summed E-state index contributed by atoms with van der Waals surface area (Å²) in [7, 11) is 0. The van der Waals surface area contributed by atoms with Crippen molar-refractivity contribution in [3.63, 3.8) is 0 Å². The quantitative estimate of drug-likeness (QED) is 0.477. The van der Waals surface area contributed by atoms with E-state index < -0.39 is 14.2 Å². The van der Waals surface area contributed by atoms with Gasteiger partial charge in [-0.05, 0) is 0 Å². The molecule has 0 unspecified atom stereocenters. The first-order chi connectivity index (χ1) is 2.56. The van der Waals surface area contributed by atoms with Gasteiger partial charge < -0.3 is 0 Å². The van der Waals surface area contributed by atoms with Crippen LogP contribution in [0.3, 0.4) is 0 Å². The predicted octanol–water partition coefficient (Wildman–Crippen LogP) is -0.934. The molecule has 4 heteroatoms. The van der Waals surface area contributed by atoms with Crippen molar-refractivity contribution in [3.8, 4) is 0 Å². The van der Waals surface area contributed by atoms with Gasteiger partial charge in [-0.1, -0.05) is 0 Å². The number of rotatable bonds is 1. The molecule has 0 aromatic heterocycles. The Labute approximate surface area is 38.3 Å². The van der Waals surface area contributed by atoms with Crippen molar-refractivity contribution < 1.29 is 11.9 Å². The van der Waals surface area contributed by atoms with E-state index in [2.05, 4.69) is 6.58 Å². The summed E-state index contributed by atoms with van der Waals surface area (Å²) in [6.07, 6.45) is 0. The monoisotopic (exact) mass is 152 g/mol. The van der Waals surface area contributed by atoms with Crippen molar-refractivity contribution in [3.05, 3.63) is 11.4 Å². The van der Waals surface area contributed by atoms with Crippen molar-refractivity contribution in [1.29, 1.82) is 0 Å². The van der Waals surface area contributed by atoms with Crippen LogP contribution in [-0.2, 0) is 3.74 Å². The van der Waals surface area contributed by atoms with Crippen LogP contribution in [0.25, 0.3) is 0 Å². The summed E-state index contributed by atoms with van der Waals surface area (Å²) in [6.45, 7) is 2.90. The molecule has 0 heterocycles. The Hall–Kier alpha value is 0.0184. The molecule has 0 amide bonds. The average molecular weight is 152 g/mol. The van der Waals surface area contributed by atoms with Gasteiger partial charge in [0.05, 0.1) is 0 Å². The van der Waals surface area contributed by atoms with Crippen LogP contribution in [0.1, 0.15) is 0 Å². The fraction of sp³-hybridized carbons (Fsp3) is 0. The topological polar surface area (TPSA) is 57.5 Å². The molecule has 0 rings (SSSR count). The van der Waals surface area contributed by atoms with Crippen LogP contribution in [0.5, 0.6) is 0 Å². The minimum absolute atomic E-state index is 0.665. The Bertz CT molecular complexity index is 91.0. The van der Waals surface area contributed by atoms with Crippen molar-refractivity contribution >= 4 is 14.2 Å². The standard InChI is InChI=1S/C2H5AsO3/c1-2-3(4,5)6/h2H,1H2,(H2,4,5,6). The molecule has 36 valence electrons. The maximum atomic E-state index is 9.64. The second kappa shape index (κ2) is 1.65. The van der Waals surface area contributed by atoms with Gasteiger partial charge in [0.2, 0.25) is 0 Å². The van der Waals surface area contributed by atoms with Gasteiger partial charge in [-0.25, -0.2) is 0 Å². The van der Waals surface area contributed by atoms with E-state index in [9.17, 15) is 3.74 Å². The Morgan fingerprint density at radius 2 is 1.83 bits per heavy atom. The summed E-state index contributed by atoms with van der Waals surface area (Å²) in [5.74, 6) is 0. The van der Waals surface area contributed by atoms with Gasteiger partial charge >= 0.3 is 37.5 Å². The Balaban J connectivity index is 3.81. The molecular formula is C2H5AsO3. The minimum atomic E-state index is -4.40. The Morgan fingerprint density at radius 3 is 1.83 bits per heavy atom. The molecule has 6 heavy (non-hydrogen) atoms. The average Bonchev–Trinajstić information content (AvgIpc) is 1.35. The SMILES string of the molecule is C=C[As](=O)(O)O. The molecule has 0 aromatic carbocycles. The maximum absolute atomic E-state index is 9.64. The molecule has 0 aliphatic carbocycles. The Morgan fingerprint density at radius 1 is 1.67 bits per heavy atom. The van der Waals surface area contributed by atoms with Gasteiger partial charge in [0.25, 0.3) is 0 Å². The summed E-state index contributed by atoms with van der Waals surface area (Å²) >= 11 is -4.40. The van der Waals surface area contributed by atoms with Crippen LogP contribution in [0.2, 0.25) is 0 Å². The molecule has 0 fully saturated rings. The van der Waals surface area contributed by atoms with Gasteiger partial charge in [-0.15, -0.1) is 0 Å². The van der Waals surface area contributed by atoms with Crippen molar-refractivity contribution in [2.24, 2.45) is 0 Å². The summed E-state index contributed by atoms with van der Waals surface area (Å²) in [4.78, 5) is 0.665. The van der Waals surface area contributed by atoms with Crippen LogP contribution in [-0.4, -0.2) is 22.4 Å². The zero-order chi connectivity index (χ0) is 5.21. The number of hydrogen-bond donors (Lipinski definition) is 2. The molecule has 0 aliphatic rings. The van der Waals surface area contributed by atoms with Crippen LogP contribution >= 0.6 is 0 Å². The van der Waals surface area contributed by atoms with Crippen molar-refractivity contribution in [1.82, 2.24) is 0 Å². The van der Waals surface area contributed by atoms with Gasteiger partial charge in [-0.3, -0.25) is 0 Å². The molecule has 0 aliphatic heterocycles. The van der Waals surface area contributed by atoms with Crippen molar-refractivity contribution in [2.75, 3.05) is 0 Å². The molecule has 3 nitrogen and oxygen atoms in total. The second-order valence-electron chi connectivity index (χ2n) is 0.772. The molecule has 0 saturated heterocycles. The van der Waals surface area contributed by atoms with E-state index in [1.54, 1.807) is 0 Å². The van der Waals surface area contributed by atoms with E-state index in [1.165, 1.54) is 0 Å². The van der Waals surface area contributed by atoms with Gasteiger partial charge in [0.15, 0.2) is 0 Å². The van der Waals surface area contributed by atoms with Crippen LogP contribution < -0.4 is 0 Å². The summed E-state index contributed by atoms with van der Waals surface area (Å²) < 4.78 is 25.4. The van der Waals surface area contributed by atoms with E-state index >= 15 is 0 Å². The molecule has 0 atom stereocenters. The molecule has 2 N–H and O–H groups in total. The molecule has 0 bridgehead atoms. The first kappa shape index (κ1) is 6.02. The Kier molecular flexibility index (Phi) is 1.65. The summed E-state index contributed by atoms with van der Waals surface area (Å²) in [5, 5.41) is 0. The molecule has 0 saturated carbocycles. The third-order valence-corrected chi connectivity index (χ3v) is 1.24. The van der Waals surface area contributed by atoms with Gasteiger partial charge in [0.1, 0.15) is 0 Å². The van der Waals surface area contributed by atoms with Gasteiger partial charge in [-0.2, -0.15) is 0 Å². The zero-order valence-electron chi connectivity index (χ0n) is 3.03. The molecular weight excluding hydrogens is 147 g/mol. The normalized spacial score (nSPS) is 11.0. The third kappa shape index (κ3) is 4.02. The zero-order valence-corrected chi connectivity index (χ0v) is 4.91. The predicted molar refractivity (Wildman–Crippen MR) is 21.1 cm³/mol. The second-order valence-corrected chi connectivity index (χ2v) is 4.01.